The molecule has 0 radical (unpaired) electrons. The van der Waals surface area contributed by atoms with Gasteiger partial charge in [-0.3, -0.25) is 4.79 Å². The summed E-state index contributed by atoms with van der Waals surface area (Å²) >= 11 is 0. The number of carbonyl (C=O) groups is 1. The molecule has 1 amide bonds. The van der Waals surface area contributed by atoms with Gasteiger partial charge in [0.2, 0.25) is 11.8 Å². The first-order valence-corrected chi connectivity index (χ1v) is 9.77. The molecule has 2 fully saturated rings. The molecule has 4 rings (SSSR count). The number of hydrogen-bond donors (Lipinski definition) is 0. The van der Waals surface area contributed by atoms with Crippen LogP contribution in [0.2, 0.25) is 0 Å². The maximum Gasteiger partial charge on any atom is 0.227 e. The number of amides is 1. The molecule has 1 saturated heterocycles. The number of fused-ring (bicyclic) bond motifs is 1. The van der Waals surface area contributed by atoms with Crippen molar-refractivity contribution in [2.24, 2.45) is 0 Å². The molecule has 0 spiro atoms. The van der Waals surface area contributed by atoms with Crippen LogP contribution >= 0.6 is 0 Å². The van der Waals surface area contributed by atoms with Gasteiger partial charge in [-0.1, -0.05) is 24.3 Å². The second kappa shape index (κ2) is 7.87. The van der Waals surface area contributed by atoms with Gasteiger partial charge < -0.3 is 14.4 Å². The summed E-state index contributed by atoms with van der Waals surface area (Å²) in [7, 11) is 1.72. The minimum Gasteiger partial charge on any atom is -0.474 e. The highest BCUT2D eigenvalue weighted by molar-refractivity contribution is 5.79. The molecule has 28 heavy (non-hydrogen) atoms. The fraction of sp³-hybridized carbons (Fsp3) is 0.455. The van der Waals surface area contributed by atoms with E-state index >= 15 is 0 Å². The molecule has 2 aliphatic rings. The monoisotopic (exact) mass is 384 g/mol. The number of nitrogens with zero attached hydrogens (tertiary/aromatic N) is 2. The second-order valence-corrected chi connectivity index (χ2v) is 7.57. The Morgan fingerprint density at radius 2 is 2.07 bits per heavy atom. The number of benzene rings is 1. The number of methoxy groups -OCH3 is 1. The average Bonchev–Trinajstić information content (AvgIpc) is 3.10. The van der Waals surface area contributed by atoms with Gasteiger partial charge in [0.15, 0.2) is 0 Å². The van der Waals surface area contributed by atoms with Crippen LogP contribution in [0.3, 0.4) is 0 Å². The Balaban J connectivity index is 1.49. The summed E-state index contributed by atoms with van der Waals surface area (Å²) in [6, 6.07) is 12.0. The van der Waals surface area contributed by atoms with Crippen LogP contribution in [0.4, 0.5) is 4.39 Å². The molecular weight excluding hydrogens is 359 g/mol. The number of ether oxygens (including phenoxy) is 2. The Bertz CT molecular complexity index is 832. The van der Waals surface area contributed by atoms with Gasteiger partial charge in [-0.25, -0.2) is 9.37 Å². The lowest BCUT2D eigenvalue weighted by Gasteiger charge is -2.43. The maximum atomic E-state index is 14.0. The predicted octanol–water partition coefficient (Wildman–Crippen LogP) is 3.38. The van der Waals surface area contributed by atoms with E-state index in [1.807, 2.05) is 23.1 Å². The van der Waals surface area contributed by atoms with Crippen molar-refractivity contribution in [1.82, 2.24) is 9.88 Å². The van der Waals surface area contributed by atoms with Crippen LogP contribution in [-0.2, 0) is 16.0 Å². The SMILES string of the molecule is CO[C@@]12CC[C@H](Oc3ccccn3)C[C@@H]1N(C(=O)Cc1ccccc1F)CC2. The molecule has 6 heteroatoms. The summed E-state index contributed by atoms with van der Waals surface area (Å²) in [6.07, 6.45) is 4.92. The third kappa shape index (κ3) is 3.61. The molecular formula is C22H25FN2O3. The standard InChI is InChI=1S/C22H25FN2O3/c1-27-22-10-9-17(28-20-8-4-5-12-24-20)15-19(22)25(13-11-22)21(26)14-16-6-2-3-7-18(16)23/h2-8,12,17,19H,9-11,13-15H2,1H3/t17-,19-,22+/m0/s1. The van der Waals surface area contributed by atoms with Crippen molar-refractivity contribution >= 4 is 5.91 Å². The Labute approximate surface area is 164 Å². The van der Waals surface area contributed by atoms with Crippen molar-refractivity contribution in [2.45, 2.75) is 49.9 Å². The molecule has 0 unspecified atom stereocenters. The molecule has 0 N–H and O–H groups in total. The van der Waals surface area contributed by atoms with E-state index in [0.29, 0.717) is 24.4 Å². The van der Waals surface area contributed by atoms with Crippen LogP contribution in [0.1, 0.15) is 31.2 Å². The summed E-state index contributed by atoms with van der Waals surface area (Å²) in [5.74, 6) is 0.195. The van der Waals surface area contributed by atoms with Crippen molar-refractivity contribution < 1.29 is 18.7 Å². The second-order valence-electron chi connectivity index (χ2n) is 7.57. The summed E-state index contributed by atoms with van der Waals surface area (Å²) in [4.78, 5) is 19.1. The molecule has 1 aliphatic carbocycles. The highest BCUT2D eigenvalue weighted by atomic mass is 19.1. The van der Waals surface area contributed by atoms with Crippen molar-refractivity contribution in [3.8, 4) is 5.88 Å². The van der Waals surface area contributed by atoms with Gasteiger partial charge in [0, 0.05) is 32.3 Å². The molecule has 0 bridgehead atoms. The molecule has 5 nitrogen and oxygen atoms in total. The first-order chi connectivity index (χ1) is 13.6. The Hall–Kier alpha value is -2.47. The average molecular weight is 384 g/mol. The van der Waals surface area contributed by atoms with Crippen molar-refractivity contribution in [1.29, 1.82) is 0 Å². The van der Waals surface area contributed by atoms with Gasteiger partial charge >= 0.3 is 0 Å². The zero-order chi connectivity index (χ0) is 19.6. The predicted molar refractivity (Wildman–Crippen MR) is 102 cm³/mol. The molecule has 2 aromatic rings. The zero-order valence-electron chi connectivity index (χ0n) is 16.0. The van der Waals surface area contributed by atoms with E-state index in [9.17, 15) is 9.18 Å². The van der Waals surface area contributed by atoms with Gasteiger partial charge in [0.05, 0.1) is 18.1 Å². The van der Waals surface area contributed by atoms with Crippen LogP contribution < -0.4 is 4.74 Å². The van der Waals surface area contributed by atoms with Crippen LogP contribution in [0, 0.1) is 5.82 Å². The van der Waals surface area contributed by atoms with Gasteiger partial charge in [0.25, 0.3) is 0 Å². The number of aromatic nitrogens is 1. The molecule has 1 aliphatic heterocycles. The Kier molecular flexibility index (Phi) is 5.31. The number of likely N-dealkylation sites (tertiary alicyclic amines) is 1. The highest BCUT2D eigenvalue weighted by Crippen LogP contribution is 2.43. The van der Waals surface area contributed by atoms with Crippen LogP contribution in [0.15, 0.2) is 48.7 Å². The fourth-order valence-electron chi connectivity index (χ4n) is 4.56. The molecule has 1 aromatic carbocycles. The quantitative estimate of drug-likeness (QED) is 0.793. The number of rotatable bonds is 5. The van der Waals surface area contributed by atoms with Crippen molar-refractivity contribution in [3.05, 3.63) is 60.0 Å². The summed E-state index contributed by atoms with van der Waals surface area (Å²) in [5.41, 5.74) is 0.0917. The lowest BCUT2D eigenvalue weighted by atomic mass is 9.79. The van der Waals surface area contributed by atoms with Gasteiger partial charge in [-0.2, -0.15) is 0 Å². The Morgan fingerprint density at radius 3 is 2.82 bits per heavy atom. The van der Waals surface area contributed by atoms with Crippen molar-refractivity contribution in [2.75, 3.05) is 13.7 Å². The largest absolute Gasteiger partial charge is 0.474 e. The van der Waals surface area contributed by atoms with E-state index in [0.717, 1.165) is 19.3 Å². The zero-order valence-corrected chi connectivity index (χ0v) is 16.0. The number of halogens is 1. The number of pyridine rings is 1. The molecule has 1 saturated carbocycles. The van der Waals surface area contributed by atoms with E-state index in [1.54, 1.807) is 31.5 Å². The van der Waals surface area contributed by atoms with E-state index in [2.05, 4.69) is 4.98 Å². The third-order valence-electron chi connectivity index (χ3n) is 6.09. The van der Waals surface area contributed by atoms with Crippen molar-refractivity contribution in [3.63, 3.8) is 0 Å². The number of hydrogen-bond acceptors (Lipinski definition) is 4. The molecule has 148 valence electrons. The van der Waals surface area contributed by atoms with E-state index in [1.165, 1.54) is 6.07 Å². The maximum absolute atomic E-state index is 14.0. The Morgan fingerprint density at radius 1 is 1.25 bits per heavy atom. The van der Waals surface area contributed by atoms with Gasteiger partial charge in [-0.15, -0.1) is 0 Å². The molecule has 1 aromatic heterocycles. The van der Waals surface area contributed by atoms with E-state index < -0.39 is 0 Å². The first kappa shape index (κ1) is 18.9. The lowest BCUT2D eigenvalue weighted by molar-refractivity contribution is -0.138. The van der Waals surface area contributed by atoms with Crippen LogP contribution in [0.5, 0.6) is 5.88 Å². The highest BCUT2D eigenvalue weighted by Gasteiger charge is 2.52. The van der Waals surface area contributed by atoms with E-state index in [-0.39, 0.29) is 35.9 Å². The summed E-state index contributed by atoms with van der Waals surface area (Å²) in [5, 5.41) is 0. The number of carbonyl (C=O) groups excluding carboxylic acids is 1. The fourth-order valence-corrected chi connectivity index (χ4v) is 4.56. The van der Waals surface area contributed by atoms with Crippen LogP contribution in [0.25, 0.3) is 0 Å². The first-order valence-electron chi connectivity index (χ1n) is 9.77. The summed E-state index contributed by atoms with van der Waals surface area (Å²) < 4.78 is 26.0. The van der Waals surface area contributed by atoms with Gasteiger partial charge in [-0.05, 0) is 37.0 Å². The summed E-state index contributed by atoms with van der Waals surface area (Å²) in [6.45, 7) is 0.627. The smallest absolute Gasteiger partial charge is 0.227 e. The topological polar surface area (TPSA) is 51.7 Å². The van der Waals surface area contributed by atoms with E-state index in [4.69, 9.17) is 9.47 Å². The van der Waals surface area contributed by atoms with Gasteiger partial charge in [0.1, 0.15) is 11.9 Å². The third-order valence-corrected chi connectivity index (χ3v) is 6.09. The minimum absolute atomic E-state index is 0.0231. The van der Waals surface area contributed by atoms with Crippen LogP contribution in [-0.4, -0.2) is 47.2 Å². The minimum atomic E-state index is -0.340. The molecule has 2 heterocycles. The lowest BCUT2D eigenvalue weighted by Crippen LogP contribution is -2.54. The molecule has 3 atom stereocenters. The normalized spacial score (nSPS) is 26.7.